The minimum absolute atomic E-state index is 0.259. The van der Waals surface area contributed by atoms with Crippen LogP contribution < -0.4 is 0 Å². The molecule has 0 fully saturated rings. The molecule has 0 heterocycles. The van der Waals surface area contributed by atoms with Crippen LogP contribution in [-0.2, 0) is 9.53 Å². The molecule has 0 saturated heterocycles. The van der Waals surface area contributed by atoms with Gasteiger partial charge in [0.1, 0.15) is 0 Å². The first-order chi connectivity index (χ1) is 7.69. The molecule has 1 atom stereocenters. The smallest absolute Gasteiger partial charge is 0.315 e. The number of methoxy groups -OCH3 is 1. The summed E-state index contributed by atoms with van der Waals surface area (Å²) in [5.41, 5.74) is 0.874. The summed E-state index contributed by atoms with van der Waals surface area (Å²) in [4.78, 5) is 12.0. The summed E-state index contributed by atoms with van der Waals surface area (Å²) in [5, 5.41) is 9.80. The Kier molecular flexibility index (Phi) is 5.35. The van der Waals surface area contributed by atoms with Crippen LogP contribution in [0.4, 0.5) is 0 Å². The summed E-state index contributed by atoms with van der Waals surface area (Å²) in [7, 11) is 1.37. The molecule has 16 heavy (non-hydrogen) atoms. The first-order valence-electron chi connectivity index (χ1n) is 5.15. The fourth-order valence-electron chi connectivity index (χ4n) is 1.30. The van der Waals surface area contributed by atoms with Crippen molar-refractivity contribution in [3.05, 3.63) is 29.8 Å². The van der Waals surface area contributed by atoms with Gasteiger partial charge in [0, 0.05) is 4.90 Å². The Hall–Kier alpha value is -1.00. The topological polar surface area (TPSA) is 46.5 Å². The fraction of sp³-hybridized carbons (Fsp3) is 0.417. The zero-order valence-electron chi connectivity index (χ0n) is 9.47. The van der Waals surface area contributed by atoms with Gasteiger partial charge in [-0.15, -0.1) is 11.8 Å². The molecule has 3 nitrogen and oxygen atoms in total. The van der Waals surface area contributed by atoms with Gasteiger partial charge >= 0.3 is 5.97 Å². The maximum atomic E-state index is 11.0. The summed E-state index contributed by atoms with van der Waals surface area (Å²) >= 11 is 1.39. The van der Waals surface area contributed by atoms with E-state index in [0.29, 0.717) is 6.42 Å². The van der Waals surface area contributed by atoms with Crippen LogP contribution in [0.3, 0.4) is 0 Å². The van der Waals surface area contributed by atoms with E-state index in [0.717, 1.165) is 10.5 Å². The van der Waals surface area contributed by atoms with Gasteiger partial charge < -0.3 is 9.84 Å². The number of carbonyl (C=O) groups is 1. The van der Waals surface area contributed by atoms with Gasteiger partial charge in [0.2, 0.25) is 0 Å². The number of benzene rings is 1. The highest BCUT2D eigenvalue weighted by atomic mass is 32.2. The van der Waals surface area contributed by atoms with Gasteiger partial charge in [-0.25, -0.2) is 0 Å². The van der Waals surface area contributed by atoms with E-state index in [1.54, 1.807) is 0 Å². The number of rotatable bonds is 5. The van der Waals surface area contributed by atoms with Gasteiger partial charge in [-0.05, 0) is 18.1 Å². The standard InChI is InChI=1S/C12H16O3S/c1-3-10(13)9-6-4-5-7-11(9)16-8-12(14)15-2/h4-7,10,13H,3,8H2,1-2H3/t10-/m0/s1. The molecule has 1 rings (SSSR count). The number of ether oxygens (including phenoxy) is 1. The highest BCUT2D eigenvalue weighted by Gasteiger charge is 2.11. The summed E-state index contributed by atoms with van der Waals surface area (Å²) < 4.78 is 4.58. The zero-order chi connectivity index (χ0) is 12.0. The van der Waals surface area contributed by atoms with Crippen molar-refractivity contribution in [3.8, 4) is 0 Å². The molecular formula is C12H16O3S. The number of hydrogen-bond donors (Lipinski definition) is 1. The fourth-order valence-corrected chi connectivity index (χ4v) is 2.24. The lowest BCUT2D eigenvalue weighted by molar-refractivity contribution is -0.137. The van der Waals surface area contributed by atoms with Gasteiger partial charge in [0.15, 0.2) is 0 Å². The molecule has 0 radical (unpaired) electrons. The van der Waals surface area contributed by atoms with E-state index in [-0.39, 0.29) is 11.7 Å². The van der Waals surface area contributed by atoms with Crippen molar-refractivity contribution in [1.29, 1.82) is 0 Å². The Balaban J connectivity index is 2.75. The molecule has 0 aromatic heterocycles. The Labute approximate surface area is 99.8 Å². The first kappa shape index (κ1) is 13.1. The van der Waals surface area contributed by atoms with Crippen LogP contribution in [-0.4, -0.2) is 23.9 Å². The molecule has 1 aromatic rings. The number of aliphatic hydroxyl groups excluding tert-OH is 1. The van der Waals surface area contributed by atoms with Gasteiger partial charge in [0.25, 0.3) is 0 Å². The highest BCUT2D eigenvalue weighted by Crippen LogP contribution is 2.28. The van der Waals surface area contributed by atoms with Crippen molar-refractivity contribution in [2.75, 3.05) is 12.9 Å². The molecule has 1 aromatic carbocycles. The molecule has 0 aliphatic carbocycles. The summed E-state index contributed by atoms with van der Waals surface area (Å²) in [5.74, 6) is 0.00928. The molecule has 0 bridgehead atoms. The average Bonchev–Trinajstić information content (AvgIpc) is 2.35. The van der Waals surface area contributed by atoms with E-state index in [9.17, 15) is 9.90 Å². The summed E-state index contributed by atoms with van der Waals surface area (Å²) in [6, 6.07) is 7.57. The lowest BCUT2D eigenvalue weighted by Crippen LogP contribution is -2.04. The van der Waals surface area contributed by atoms with Crippen molar-refractivity contribution < 1.29 is 14.6 Å². The van der Waals surface area contributed by atoms with Crippen LogP contribution in [0, 0.1) is 0 Å². The van der Waals surface area contributed by atoms with Crippen LogP contribution in [0.5, 0.6) is 0 Å². The second-order valence-corrected chi connectivity index (χ2v) is 4.34. The van der Waals surface area contributed by atoms with Crippen LogP contribution in [0.25, 0.3) is 0 Å². The number of esters is 1. The predicted molar refractivity (Wildman–Crippen MR) is 64.4 cm³/mol. The minimum atomic E-state index is -0.471. The molecule has 0 amide bonds. The van der Waals surface area contributed by atoms with Crippen molar-refractivity contribution in [3.63, 3.8) is 0 Å². The lowest BCUT2D eigenvalue weighted by atomic mass is 10.1. The van der Waals surface area contributed by atoms with E-state index in [1.807, 2.05) is 31.2 Å². The third-order valence-electron chi connectivity index (χ3n) is 2.24. The predicted octanol–water partition coefficient (Wildman–Crippen LogP) is 2.40. The average molecular weight is 240 g/mol. The molecule has 4 heteroatoms. The summed E-state index contributed by atoms with van der Waals surface area (Å²) in [6.07, 6.45) is 0.192. The van der Waals surface area contributed by atoms with Crippen molar-refractivity contribution in [2.24, 2.45) is 0 Å². The normalized spacial score (nSPS) is 12.2. The second kappa shape index (κ2) is 6.55. The summed E-state index contributed by atoms with van der Waals surface area (Å²) in [6.45, 7) is 1.92. The quantitative estimate of drug-likeness (QED) is 0.634. The molecule has 88 valence electrons. The van der Waals surface area contributed by atoms with Crippen LogP contribution in [0.2, 0.25) is 0 Å². The van der Waals surface area contributed by atoms with Gasteiger partial charge in [-0.1, -0.05) is 25.1 Å². The van der Waals surface area contributed by atoms with Crippen LogP contribution >= 0.6 is 11.8 Å². The second-order valence-electron chi connectivity index (χ2n) is 3.33. The molecule has 1 N–H and O–H groups in total. The molecular weight excluding hydrogens is 224 g/mol. The molecule has 0 spiro atoms. The third-order valence-corrected chi connectivity index (χ3v) is 3.30. The largest absolute Gasteiger partial charge is 0.468 e. The SMILES string of the molecule is CC[C@H](O)c1ccccc1SCC(=O)OC. The monoisotopic (exact) mass is 240 g/mol. The number of carbonyl (C=O) groups excluding carboxylic acids is 1. The molecule has 0 aliphatic heterocycles. The van der Waals surface area contributed by atoms with Gasteiger partial charge in [0.05, 0.1) is 19.0 Å². The molecule has 0 aliphatic rings. The maximum absolute atomic E-state index is 11.0. The third kappa shape index (κ3) is 3.54. The molecule has 0 saturated carbocycles. The van der Waals surface area contributed by atoms with E-state index < -0.39 is 6.10 Å². The van der Waals surface area contributed by atoms with Crippen molar-refractivity contribution in [2.45, 2.75) is 24.3 Å². The van der Waals surface area contributed by atoms with Crippen LogP contribution in [0.15, 0.2) is 29.2 Å². The van der Waals surface area contributed by atoms with Gasteiger partial charge in [-0.2, -0.15) is 0 Å². The van der Waals surface area contributed by atoms with E-state index in [4.69, 9.17) is 0 Å². The number of hydrogen-bond acceptors (Lipinski definition) is 4. The Morgan fingerprint density at radius 2 is 2.19 bits per heavy atom. The van der Waals surface area contributed by atoms with Crippen molar-refractivity contribution in [1.82, 2.24) is 0 Å². The van der Waals surface area contributed by atoms with Crippen molar-refractivity contribution >= 4 is 17.7 Å². The first-order valence-corrected chi connectivity index (χ1v) is 6.14. The minimum Gasteiger partial charge on any atom is -0.468 e. The zero-order valence-corrected chi connectivity index (χ0v) is 10.3. The molecule has 0 unspecified atom stereocenters. The van der Waals surface area contributed by atoms with E-state index in [2.05, 4.69) is 4.74 Å². The Bertz CT molecular complexity index is 352. The lowest BCUT2D eigenvalue weighted by Gasteiger charge is -2.12. The Morgan fingerprint density at radius 1 is 1.50 bits per heavy atom. The maximum Gasteiger partial charge on any atom is 0.315 e. The van der Waals surface area contributed by atoms with Gasteiger partial charge in [-0.3, -0.25) is 4.79 Å². The highest BCUT2D eigenvalue weighted by molar-refractivity contribution is 8.00. The van der Waals surface area contributed by atoms with E-state index in [1.165, 1.54) is 18.9 Å². The Morgan fingerprint density at radius 3 is 2.81 bits per heavy atom. The van der Waals surface area contributed by atoms with E-state index >= 15 is 0 Å². The number of aliphatic hydroxyl groups is 1. The van der Waals surface area contributed by atoms with Crippen LogP contribution in [0.1, 0.15) is 25.0 Å². The number of thioether (sulfide) groups is 1.